The molecule has 0 aromatic heterocycles. The third-order valence-corrected chi connectivity index (χ3v) is 3.07. The van der Waals surface area contributed by atoms with Crippen molar-refractivity contribution in [2.45, 2.75) is 18.6 Å². The minimum Gasteiger partial charge on any atom is -0.390 e. The summed E-state index contributed by atoms with van der Waals surface area (Å²) in [4.78, 5) is 22.6. The van der Waals surface area contributed by atoms with Gasteiger partial charge in [0.25, 0.3) is 11.7 Å². The Morgan fingerprint density at radius 2 is 2.00 bits per heavy atom. The first kappa shape index (κ1) is 13.0. The van der Waals surface area contributed by atoms with Crippen LogP contribution in [-0.2, 0) is 4.79 Å². The number of anilines is 1. The molecule has 3 N–H and O–H groups in total. The van der Waals surface area contributed by atoms with Gasteiger partial charge in [-0.1, -0.05) is 6.07 Å². The Kier molecular flexibility index (Phi) is 3.65. The molecule has 0 aliphatic carbocycles. The molecule has 0 spiro atoms. The number of benzene rings is 1. The first-order valence-corrected chi connectivity index (χ1v) is 5.99. The van der Waals surface area contributed by atoms with Gasteiger partial charge in [0.1, 0.15) is 6.10 Å². The molecule has 1 aliphatic heterocycles. The zero-order valence-electron chi connectivity index (χ0n) is 9.39. The standard InChI is InChI=1S/C12H12ClNO4/c13-4-3-9(15)10(16)6-1-2-8-7(5-6)11(17)12(18)14-8/h1-2,5,9-10,15-16H,3-4H2,(H,14,17,18). The van der Waals surface area contributed by atoms with Gasteiger partial charge in [0.05, 0.1) is 17.4 Å². The topological polar surface area (TPSA) is 86.6 Å². The van der Waals surface area contributed by atoms with E-state index < -0.39 is 23.9 Å². The van der Waals surface area contributed by atoms with Crippen LogP contribution < -0.4 is 5.32 Å². The molecular weight excluding hydrogens is 258 g/mol. The summed E-state index contributed by atoms with van der Waals surface area (Å²) in [6.45, 7) is 0. The van der Waals surface area contributed by atoms with Gasteiger partial charge in [0.15, 0.2) is 0 Å². The van der Waals surface area contributed by atoms with Crippen LogP contribution in [0.15, 0.2) is 18.2 Å². The van der Waals surface area contributed by atoms with Crippen molar-refractivity contribution in [3.05, 3.63) is 29.3 Å². The molecule has 2 unspecified atom stereocenters. The minimum atomic E-state index is -1.13. The van der Waals surface area contributed by atoms with Gasteiger partial charge >= 0.3 is 0 Å². The lowest BCUT2D eigenvalue weighted by molar-refractivity contribution is -0.112. The molecule has 0 fully saturated rings. The van der Waals surface area contributed by atoms with E-state index in [0.29, 0.717) is 11.3 Å². The second-order valence-electron chi connectivity index (χ2n) is 4.08. The van der Waals surface area contributed by atoms with E-state index in [0.717, 1.165) is 0 Å². The molecule has 2 rings (SSSR count). The van der Waals surface area contributed by atoms with Crippen molar-refractivity contribution in [3.8, 4) is 0 Å². The fraction of sp³-hybridized carbons (Fsp3) is 0.333. The molecular formula is C12H12ClNO4. The second kappa shape index (κ2) is 5.06. The number of ketones is 1. The molecule has 2 atom stereocenters. The Labute approximate surface area is 108 Å². The minimum absolute atomic E-state index is 0.217. The zero-order chi connectivity index (χ0) is 13.3. The third kappa shape index (κ3) is 2.25. The predicted octanol–water partition coefficient (Wildman–Crippen LogP) is 0.845. The normalized spacial score (nSPS) is 17.3. The van der Waals surface area contributed by atoms with Crippen molar-refractivity contribution in [1.82, 2.24) is 0 Å². The number of carbonyl (C=O) groups is 2. The molecule has 18 heavy (non-hydrogen) atoms. The van der Waals surface area contributed by atoms with Gasteiger partial charge in [-0.25, -0.2) is 0 Å². The number of fused-ring (bicyclic) bond motifs is 1. The molecule has 0 saturated carbocycles. The van der Waals surface area contributed by atoms with E-state index in [-0.39, 0.29) is 17.9 Å². The average Bonchev–Trinajstić information content (AvgIpc) is 2.64. The van der Waals surface area contributed by atoms with Crippen molar-refractivity contribution >= 4 is 29.0 Å². The number of amides is 1. The molecule has 1 aliphatic rings. The van der Waals surface area contributed by atoms with Gasteiger partial charge in [0.2, 0.25) is 0 Å². The zero-order valence-corrected chi connectivity index (χ0v) is 10.1. The van der Waals surface area contributed by atoms with E-state index in [1.165, 1.54) is 12.1 Å². The highest BCUT2D eigenvalue weighted by Crippen LogP contribution is 2.28. The second-order valence-corrected chi connectivity index (χ2v) is 4.46. The Balaban J connectivity index is 2.27. The maximum Gasteiger partial charge on any atom is 0.296 e. The molecule has 0 bridgehead atoms. The van der Waals surface area contributed by atoms with Crippen LogP contribution in [0.4, 0.5) is 5.69 Å². The van der Waals surface area contributed by atoms with Crippen molar-refractivity contribution < 1.29 is 19.8 Å². The number of hydrogen-bond donors (Lipinski definition) is 3. The molecule has 0 saturated heterocycles. The van der Waals surface area contributed by atoms with E-state index >= 15 is 0 Å². The van der Waals surface area contributed by atoms with Crippen molar-refractivity contribution in [2.24, 2.45) is 0 Å². The number of nitrogens with one attached hydrogen (secondary N) is 1. The highest BCUT2D eigenvalue weighted by atomic mass is 35.5. The summed E-state index contributed by atoms with van der Waals surface area (Å²) in [7, 11) is 0. The number of alkyl halides is 1. The predicted molar refractivity (Wildman–Crippen MR) is 65.7 cm³/mol. The number of halogens is 1. The van der Waals surface area contributed by atoms with Gasteiger partial charge < -0.3 is 15.5 Å². The lowest BCUT2D eigenvalue weighted by Crippen LogP contribution is -2.19. The molecule has 0 radical (unpaired) electrons. The smallest absolute Gasteiger partial charge is 0.296 e. The van der Waals surface area contributed by atoms with Gasteiger partial charge in [0, 0.05) is 5.88 Å². The first-order chi connectivity index (χ1) is 8.54. The summed E-state index contributed by atoms with van der Waals surface area (Å²) in [5.74, 6) is -1.09. The van der Waals surface area contributed by atoms with Gasteiger partial charge in [-0.05, 0) is 24.1 Å². The van der Waals surface area contributed by atoms with E-state index in [9.17, 15) is 19.8 Å². The number of aliphatic hydroxyl groups excluding tert-OH is 2. The van der Waals surface area contributed by atoms with Gasteiger partial charge in [-0.3, -0.25) is 9.59 Å². The quantitative estimate of drug-likeness (QED) is 0.559. The molecule has 96 valence electrons. The Morgan fingerprint density at radius 1 is 1.28 bits per heavy atom. The van der Waals surface area contributed by atoms with Crippen molar-refractivity contribution in [3.63, 3.8) is 0 Å². The molecule has 5 nitrogen and oxygen atoms in total. The number of rotatable bonds is 4. The Hall–Kier alpha value is -1.43. The molecule has 1 aromatic rings. The fourth-order valence-corrected chi connectivity index (χ4v) is 2.06. The van der Waals surface area contributed by atoms with Crippen molar-refractivity contribution in [2.75, 3.05) is 11.2 Å². The van der Waals surface area contributed by atoms with Gasteiger partial charge in [-0.2, -0.15) is 0 Å². The van der Waals surface area contributed by atoms with Crippen LogP contribution in [-0.4, -0.2) is 33.9 Å². The molecule has 1 heterocycles. The summed E-state index contributed by atoms with van der Waals surface area (Å²) in [6, 6.07) is 4.50. The SMILES string of the molecule is O=C1Nc2ccc(C(O)C(O)CCCl)cc2C1=O. The number of aliphatic hydroxyl groups is 2. The van der Waals surface area contributed by atoms with E-state index in [4.69, 9.17) is 11.6 Å². The highest BCUT2D eigenvalue weighted by molar-refractivity contribution is 6.51. The fourth-order valence-electron chi connectivity index (χ4n) is 1.84. The maximum atomic E-state index is 11.5. The largest absolute Gasteiger partial charge is 0.390 e. The lowest BCUT2D eigenvalue weighted by Gasteiger charge is -2.17. The van der Waals surface area contributed by atoms with E-state index in [2.05, 4.69) is 5.32 Å². The summed E-state index contributed by atoms with van der Waals surface area (Å²) in [5, 5.41) is 21.9. The van der Waals surface area contributed by atoms with E-state index in [1.54, 1.807) is 6.07 Å². The van der Waals surface area contributed by atoms with Crippen LogP contribution in [0.3, 0.4) is 0 Å². The molecule has 1 aromatic carbocycles. The van der Waals surface area contributed by atoms with Crippen molar-refractivity contribution in [1.29, 1.82) is 0 Å². The van der Waals surface area contributed by atoms with Crippen LogP contribution in [0, 0.1) is 0 Å². The Bertz CT molecular complexity index is 503. The molecule has 1 amide bonds. The monoisotopic (exact) mass is 269 g/mol. The summed E-state index contributed by atoms with van der Waals surface area (Å²) >= 11 is 5.48. The molecule has 6 heteroatoms. The summed E-state index contributed by atoms with van der Waals surface area (Å²) in [6.07, 6.45) is -1.89. The van der Waals surface area contributed by atoms with Gasteiger partial charge in [-0.15, -0.1) is 11.6 Å². The van der Waals surface area contributed by atoms with Crippen LogP contribution in [0.5, 0.6) is 0 Å². The van der Waals surface area contributed by atoms with Crippen LogP contribution in [0.2, 0.25) is 0 Å². The maximum absolute atomic E-state index is 11.5. The number of hydrogen-bond acceptors (Lipinski definition) is 4. The summed E-state index contributed by atoms with van der Waals surface area (Å²) in [5.41, 5.74) is 1.03. The highest BCUT2D eigenvalue weighted by Gasteiger charge is 2.29. The summed E-state index contributed by atoms with van der Waals surface area (Å²) < 4.78 is 0. The van der Waals surface area contributed by atoms with Crippen LogP contribution in [0.25, 0.3) is 0 Å². The Morgan fingerprint density at radius 3 is 2.67 bits per heavy atom. The number of carbonyl (C=O) groups excluding carboxylic acids is 2. The lowest BCUT2D eigenvalue weighted by atomic mass is 9.99. The van der Waals surface area contributed by atoms with Crippen LogP contribution in [0.1, 0.15) is 28.4 Å². The third-order valence-electron chi connectivity index (χ3n) is 2.85. The number of Topliss-reactive ketones (excluding diaryl/α,β-unsaturated/α-hetero) is 1. The first-order valence-electron chi connectivity index (χ1n) is 5.46. The average molecular weight is 270 g/mol. The van der Waals surface area contributed by atoms with Crippen LogP contribution >= 0.6 is 11.6 Å². The van der Waals surface area contributed by atoms with E-state index in [1.807, 2.05) is 0 Å².